The second-order valence-corrected chi connectivity index (χ2v) is 6.41. The average Bonchev–Trinajstić information content (AvgIpc) is 2.36. The lowest BCUT2D eigenvalue weighted by Crippen LogP contribution is -2.16. The molecule has 0 aliphatic rings. The van der Waals surface area contributed by atoms with Gasteiger partial charge in [0.05, 0.1) is 10.6 Å². The van der Waals surface area contributed by atoms with Crippen molar-refractivity contribution in [3.05, 3.63) is 47.3 Å². The Morgan fingerprint density at radius 2 is 1.85 bits per heavy atom. The fourth-order valence-electron chi connectivity index (χ4n) is 1.92. The highest BCUT2D eigenvalue weighted by atomic mass is 32.2. The number of hydrogen-bond acceptors (Lipinski definition) is 4. The topological polar surface area (TPSA) is 85.1 Å². The van der Waals surface area contributed by atoms with Crippen LogP contribution >= 0.6 is 0 Å². The summed E-state index contributed by atoms with van der Waals surface area (Å²) < 4.78 is 27.6. The minimum Gasteiger partial charge on any atom is -0.399 e. The third kappa shape index (κ3) is 2.75. The van der Waals surface area contributed by atoms with E-state index in [0.29, 0.717) is 16.9 Å². The van der Waals surface area contributed by atoms with Crippen LogP contribution in [0.2, 0.25) is 0 Å². The second kappa shape index (κ2) is 5.13. The molecule has 0 radical (unpaired) electrons. The third-order valence-corrected chi connectivity index (χ3v) is 4.69. The SMILES string of the molecule is Cc1cnccc1NS(=O)(=O)c1cc(N)cc(C)c1C. The fraction of sp³-hybridized carbons (Fsp3) is 0.214. The van der Waals surface area contributed by atoms with E-state index < -0.39 is 10.0 Å². The van der Waals surface area contributed by atoms with E-state index in [-0.39, 0.29) is 4.90 Å². The van der Waals surface area contributed by atoms with E-state index in [4.69, 9.17) is 5.73 Å². The molecule has 6 heteroatoms. The number of pyridine rings is 1. The van der Waals surface area contributed by atoms with Gasteiger partial charge in [-0.25, -0.2) is 8.42 Å². The van der Waals surface area contributed by atoms with Gasteiger partial charge >= 0.3 is 0 Å². The van der Waals surface area contributed by atoms with E-state index in [0.717, 1.165) is 11.1 Å². The average molecular weight is 291 g/mol. The number of nitrogens with two attached hydrogens (primary N) is 1. The summed E-state index contributed by atoms with van der Waals surface area (Å²) in [6.07, 6.45) is 3.15. The van der Waals surface area contributed by atoms with Crippen LogP contribution in [0.3, 0.4) is 0 Å². The van der Waals surface area contributed by atoms with Gasteiger partial charge in [0.1, 0.15) is 0 Å². The van der Waals surface area contributed by atoms with Gasteiger partial charge in [0, 0.05) is 18.1 Å². The van der Waals surface area contributed by atoms with Crippen molar-refractivity contribution < 1.29 is 8.42 Å². The number of hydrogen-bond donors (Lipinski definition) is 2. The first-order chi connectivity index (χ1) is 9.31. The molecule has 0 saturated carbocycles. The van der Waals surface area contributed by atoms with Crippen molar-refractivity contribution in [3.63, 3.8) is 0 Å². The number of nitrogens with zero attached hydrogens (tertiary/aromatic N) is 1. The van der Waals surface area contributed by atoms with Crippen LogP contribution in [0.25, 0.3) is 0 Å². The highest BCUT2D eigenvalue weighted by molar-refractivity contribution is 7.92. The maximum Gasteiger partial charge on any atom is 0.262 e. The van der Waals surface area contributed by atoms with E-state index in [1.165, 1.54) is 6.07 Å². The first-order valence-corrected chi connectivity index (χ1v) is 7.60. The van der Waals surface area contributed by atoms with Crippen LogP contribution in [0, 0.1) is 20.8 Å². The molecule has 2 aromatic rings. The summed E-state index contributed by atoms with van der Waals surface area (Å²) in [7, 11) is -3.67. The molecule has 5 nitrogen and oxygen atoms in total. The number of sulfonamides is 1. The molecule has 1 aromatic heterocycles. The molecule has 1 heterocycles. The summed E-state index contributed by atoms with van der Waals surface area (Å²) in [5.74, 6) is 0. The molecule has 0 amide bonds. The van der Waals surface area contributed by atoms with Crippen LogP contribution in [0.5, 0.6) is 0 Å². The predicted octanol–water partition coefficient (Wildman–Crippen LogP) is 2.39. The Hall–Kier alpha value is -2.08. The highest BCUT2D eigenvalue weighted by Gasteiger charge is 2.19. The van der Waals surface area contributed by atoms with E-state index in [2.05, 4.69) is 9.71 Å². The Morgan fingerprint density at radius 3 is 2.50 bits per heavy atom. The molecule has 20 heavy (non-hydrogen) atoms. The minimum atomic E-state index is -3.67. The van der Waals surface area contributed by atoms with E-state index in [1.54, 1.807) is 38.4 Å². The Labute approximate surface area is 118 Å². The normalized spacial score (nSPS) is 11.3. The standard InChI is InChI=1S/C14H17N3O2S/c1-9-6-12(15)7-14(11(9)3)20(18,19)17-13-4-5-16-8-10(13)2/h4-8H,15H2,1-3H3,(H,16,17). The van der Waals surface area contributed by atoms with E-state index >= 15 is 0 Å². The van der Waals surface area contributed by atoms with Crippen LogP contribution in [-0.2, 0) is 10.0 Å². The summed E-state index contributed by atoms with van der Waals surface area (Å²) in [5.41, 5.74) is 8.99. The number of anilines is 2. The van der Waals surface area contributed by atoms with Crippen molar-refractivity contribution in [2.24, 2.45) is 0 Å². The molecule has 2 rings (SSSR count). The Bertz CT molecular complexity index is 755. The molecule has 0 spiro atoms. The lowest BCUT2D eigenvalue weighted by molar-refractivity contribution is 0.600. The molecule has 0 unspecified atom stereocenters. The molecular formula is C14H17N3O2S. The summed E-state index contributed by atoms with van der Waals surface area (Å²) in [5, 5.41) is 0. The Balaban J connectivity index is 2.49. The molecule has 0 bridgehead atoms. The number of aryl methyl sites for hydroxylation is 2. The molecule has 0 aliphatic carbocycles. The smallest absolute Gasteiger partial charge is 0.262 e. The van der Waals surface area contributed by atoms with Crippen molar-refractivity contribution in [2.75, 3.05) is 10.5 Å². The predicted molar refractivity (Wildman–Crippen MR) is 80.1 cm³/mol. The van der Waals surface area contributed by atoms with Crippen molar-refractivity contribution in [3.8, 4) is 0 Å². The van der Waals surface area contributed by atoms with E-state index in [9.17, 15) is 8.42 Å². The maximum atomic E-state index is 12.5. The molecule has 3 N–H and O–H groups in total. The van der Waals surface area contributed by atoms with Gasteiger partial charge in [-0.3, -0.25) is 9.71 Å². The van der Waals surface area contributed by atoms with Gasteiger partial charge in [-0.2, -0.15) is 0 Å². The second-order valence-electron chi connectivity index (χ2n) is 4.76. The number of benzene rings is 1. The summed E-state index contributed by atoms with van der Waals surface area (Å²) in [6, 6.07) is 4.86. The lowest BCUT2D eigenvalue weighted by atomic mass is 10.1. The van der Waals surface area contributed by atoms with Gasteiger partial charge in [0.25, 0.3) is 10.0 Å². The zero-order valence-corrected chi connectivity index (χ0v) is 12.5. The summed E-state index contributed by atoms with van der Waals surface area (Å²) in [4.78, 5) is 4.14. The van der Waals surface area contributed by atoms with Gasteiger partial charge in [-0.05, 0) is 55.7 Å². The van der Waals surface area contributed by atoms with Gasteiger partial charge in [-0.1, -0.05) is 0 Å². The fourth-order valence-corrected chi connectivity index (χ4v) is 3.40. The van der Waals surface area contributed by atoms with Crippen molar-refractivity contribution in [2.45, 2.75) is 25.7 Å². The van der Waals surface area contributed by atoms with Crippen molar-refractivity contribution in [1.82, 2.24) is 4.98 Å². The van der Waals surface area contributed by atoms with Crippen LogP contribution in [0.1, 0.15) is 16.7 Å². The first kappa shape index (κ1) is 14.3. The molecule has 0 saturated heterocycles. The van der Waals surface area contributed by atoms with Gasteiger partial charge in [0.2, 0.25) is 0 Å². The van der Waals surface area contributed by atoms with E-state index in [1.807, 2.05) is 6.92 Å². The third-order valence-electron chi connectivity index (χ3n) is 3.20. The van der Waals surface area contributed by atoms with Crippen LogP contribution < -0.4 is 10.5 Å². The molecule has 1 aromatic carbocycles. The molecule has 0 aliphatic heterocycles. The van der Waals surface area contributed by atoms with Crippen molar-refractivity contribution >= 4 is 21.4 Å². The Kier molecular flexibility index (Phi) is 3.67. The highest BCUT2D eigenvalue weighted by Crippen LogP contribution is 2.25. The van der Waals surface area contributed by atoms with Gasteiger partial charge < -0.3 is 5.73 Å². The van der Waals surface area contributed by atoms with Crippen LogP contribution in [0.4, 0.5) is 11.4 Å². The number of nitrogen functional groups attached to an aromatic ring is 1. The number of aromatic nitrogens is 1. The number of rotatable bonds is 3. The van der Waals surface area contributed by atoms with Gasteiger partial charge in [0.15, 0.2) is 0 Å². The zero-order valence-electron chi connectivity index (χ0n) is 11.6. The molecule has 0 atom stereocenters. The van der Waals surface area contributed by atoms with Crippen molar-refractivity contribution in [1.29, 1.82) is 0 Å². The van der Waals surface area contributed by atoms with Gasteiger partial charge in [-0.15, -0.1) is 0 Å². The summed E-state index contributed by atoms with van der Waals surface area (Å²) in [6.45, 7) is 5.40. The van der Waals surface area contributed by atoms with Crippen LogP contribution in [-0.4, -0.2) is 13.4 Å². The minimum absolute atomic E-state index is 0.200. The zero-order chi connectivity index (χ0) is 14.9. The lowest BCUT2D eigenvalue weighted by Gasteiger charge is -2.14. The largest absolute Gasteiger partial charge is 0.399 e. The molecule has 106 valence electrons. The quantitative estimate of drug-likeness (QED) is 0.850. The monoisotopic (exact) mass is 291 g/mol. The summed E-state index contributed by atoms with van der Waals surface area (Å²) >= 11 is 0. The first-order valence-electron chi connectivity index (χ1n) is 6.11. The molecule has 0 fully saturated rings. The number of nitrogens with one attached hydrogen (secondary N) is 1. The van der Waals surface area contributed by atoms with Crippen LogP contribution in [0.15, 0.2) is 35.5 Å². The molecular weight excluding hydrogens is 274 g/mol. The Morgan fingerprint density at radius 1 is 1.15 bits per heavy atom. The maximum absolute atomic E-state index is 12.5.